The Balaban J connectivity index is 1.56. The van der Waals surface area contributed by atoms with Crippen LogP contribution >= 0.6 is 11.3 Å². The number of carbonyl (C=O) groups excluding carboxylic acids is 1. The molecule has 1 aromatic heterocycles. The van der Waals surface area contributed by atoms with Gasteiger partial charge in [0.15, 0.2) is 5.13 Å². The molecule has 2 N–H and O–H groups in total. The summed E-state index contributed by atoms with van der Waals surface area (Å²) in [7, 11) is -3.76. The van der Waals surface area contributed by atoms with E-state index >= 15 is 0 Å². The molecule has 6 nitrogen and oxygen atoms in total. The van der Waals surface area contributed by atoms with Crippen molar-refractivity contribution in [2.24, 2.45) is 0 Å². The van der Waals surface area contributed by atoms with Crippen LogP contribution < -0.4 is 10.0 Å². The molecular weight excluding hydrogens is 425 g/mol. The van der Waals surface area contributed by atoms with Gasteiger partial charge in [0.05, 0.1) is 20.7 Å². The molecule has 0 unspecified atom stereocenters. The van der Waals surface area contributed by atoms with Crippen LogP contribution in [0.1, 0.15) is 15.9 Å². The van der Waals surface area contributed by atoms with Crippen LogP contribution in [0.25, 0.3) is 10.2 Å². The average Bonchev–Trinajstić information content (AvgIpc) is 3.09. The van der Waals surface area contributed by atoms with Gasteiger partial charge < -0.3 is 5.32 Å². The molecular formula is C21H16FN3O3S2. The van der Waals surface area contributed by atoms with Crippen molar-refractivity contribution < 1.29 is 17.6 Å². The number of rotatable bonds is 5. The van der Waals surface area contributed by atoms with Crippen LogP contribution in [0.3, 0.4) is 0 Å². The first-order valence-electron chi connectivity index (χ1n) is 8.88. The van der Waals surface area contributed by atoms with E-state index in [0.29, 0.717) is 15.9 Å². The van der Waals surface area contributed by atoms with E-state index in [4.69, 9.17) is 0 Å². The summed E-state index contributed by atoms with van der Waals surface area (Å²) in [5, 5.41) is 2.85. The molecule has 0 saturated heterocycles. The van der Waals surface area contributed by atoms with Crippen LogP contribution in [0.5, 0.6) is 0 Å². The predicted octanol–water partition coefficient (Wildman–Crippen LogP) is 4.80. The highest BCUT2D eigenvalue weighted by Gasteiger charge is 2.17. The van der Waals surface area contributed by atoms with Gasteiger partial charge in [-0.1, -0.05) is 41.2 Å². The fraction of sp³-hybridized carbons (Fsp3) is 0.0476. The maximum atomic E-state index is 13.8. The minimum atomic E-state index is -3.76. The fourth-order valence-corrected chi connectivity index (χ4v) is 4.92. The molecule has 1 heterocycles. The molecule has 1 amide bonds. The smallest absolute Gasteiger partial charge is 0.263 e. The Morgan fingerprint density at radius 1 is 1.03 bits per heavy atom. The fourth-order valence-electron chi connectivity index (χ4n) is 2.78. The third-order valence-electron chi connectivity index (χ3n) is 4.32. The number of anilines is 2. The lowest BCUT2D eigenvalue weighted by Gasteiger charge is -2.05. The van der Waals surface area contributed by atoms with E-state index in [9.17, 15) is 17.6 Å². The van der Waals surface area contributed by atoms with E-state index in [1.807, 2.05) is 6.92 Å². The molecule has 4 aromatic rings. The topological polar surface area (TPSA) is 88.2 Å². The first-order chi connectivity index (χ1) is 14.3. The Bertz CT molecular complexity index is 1350. The Kier molecular flexibility index (Phi) is 5.23. The second-order valence-electron chi connectivity index (χ2n) is 6.55. The van der Waals surface area contributed by atoms with Crippen molar-refractivity contribution in [3.63, 3.8) is 0 Å². The zero-order valence-electron chi connectivity index (χ0n) is 15.7. The van der Waals surface area contributed by atoms with Gasteiger partial charge in [-0.05, 0) is 49.4 Å². The Morgan fingerprint density at radius 2 is 1.77 bits per heavy atom. The van der Waals surface area contributed by atoms with E-state index in [-0.39, 0.29) is 15.6 Å². The van der Waals surface area contributed by atoms with Gasteiger partial charge in [0.1, 0.15) is 5.82 Å². The molecule has 0 fully saturated rings. The van der Waals surface area contributed by atoms with Gasteiger partial charge >= 0.3 is 0 Å². The zero-order chi connectivity index (χ0) is 21.3. The number of aryl methyl sites for hydroxylation is 1. The molecule has 9 heteroatoms. The number of amides is 1. The highest BCUT2D eigenvalue weighted by Crippen LogP contribution is 2.30. The second kappa shape index (κ2) is 7.85. The van der Waals surface area contributed by atoms with Gasteiger partial charge in [-0.15, -0.1) is 0 Å². The number of nitrogens with zero attached hydrogens (tertiary/aromatic N) is 1. The number of hydrogen-bond acceptors (Lipinski definition) is 5. The number of fused-ring (bicyclic) bond motifs is 1. The molecule has 0 aliphatic rings. The maximum absolute atomic E-state index is 13.8. The second-order valence-corrected chi connectivity index (χ2v) is 9.27. The van der Waals surface area contributed by atoms with Crippen LogP contribution in [0, 0.1) is 12.7 Å². The largest absolute Gasteiger partial charge is 0.322 e. The lowest BCUT2D eigenvalue weighted by Crippen LogP contribution is -2.13. The summed E-state index contributed by atoms with van der Waals surface area (Å²) in [5.74, 6) is -1.18. The zero-order valence-corrected chi connectivity index (χ0v) is 17.4. The molecule has 0 saturated carbocycles. The van der Waals surface area contributed by atoms with Gasteiger partial charge in [-0.3, -0.25) is 9.52 Å². The number of aromatic nitrogens is 1. The number of benzene rings is 3. The van der Waals surface area contributed by atoms with Gasteiger partial charge in [0.2, 0.25) is 0 Å². The molecule has 0 spiro atoms. The Labute approximate surface area is 176 Å². The van der Waals surface area contributed by atoms with E-state index in [2.05, 4.69) is 15.0 Å². The summed E-state index contributed by atoms with van der Waals surface area (Å²) in [6, 6.07) is 17.1. The predicted molar refractivity (Wildman–Crippen MR) is 116 cm³/mol. The third kappa shape index (κ3) is 4.17. The highest BCUT2D eigenvalue weighted by molar-refractivity contribution is 7.93. The minimum Gasteiger partial charge on any atom is -0.322 e. The molecule has 4 rings (SSSR count). The number of sulfonamides is 1. The molecule has 0 aliphatic heterocycles. The number of nitrogens with one attached hydrogen (secondary N) is 2. The molecule has 0 radical (unpaired) electrons. The normalized spacial score (nSPS) is 11.4. The van der Waals surface area contributed by atoms with Crippen molar-refractivity contribution in [3.8, 4) is 0 Å². The summed E-state index contributed by atoms with van der Waals surface area (Å²) in [6.45, 7) is 1.87. The SMILES string of the molecule is Cc1ccc(S(=O)(=O)Nc2nc3ccc(NC(=O)c4ccccc4F)cc3s2)cc1. The monoisotopic (exact) mass is 441 g/mol. The van der Waals surface area contributed by atoms with Gasteiger partial charge in [-0.2, -0.15) is 0 Å². The average molecular weight is 442 g/mol. The van der Waals surface area contributed by atoms with Crippen molar-refractivity contribution in [2.75, 3.05) is 10.0 Å². The van der Waals surface area contributed by atoms with Gasteiger partial charge in [-0.25, -0.2) is 17.8 Å². The molecule has 0 bridgehead atoms. The Hall–Kier alpha value is -3.30. The first-order valence-corrected chi connectivity index (χ1v) is 11.2. The standard InChI is InChI=1S/C21H16FN3O3S2/c1-13-6-9-15(10-7-13)30(27,28)25-21-24-18-11-8-14(12-19(18)29-21)23-20(26)16-4-2-3-5-17(16)22/h2-12H,1H3,(H,23,26)(H,24,25). The number of hydrogen-bond donors (Lipinski definition) is 2. The summed E-state index contributed by atoms with van der Waals surface area (Å²) in [4.78, 5) is 16.7. The van der Waals surface area contributed by atoms with Gasteiger partial charge in [0, 0.05) is 5.69 Å². The van der Waals surface area contributed by atoms with E-state index in [1.165, 1.54) is 30.3 Å². The summed E-state index contributed by atoms with van der Waals surface area (Å²) in [5.41, 5.74) is 1.92. The van der Waals surface area contributed by atoms with Crippen molar-refractivity contribution in [3.05, 3.63) is 83.7 Å². The number of carbonyl (C=O) groups is 1. The quantitative estimate of drug-likeness (QED) is 0.466. The Morgan fingerprint density at radius 3 is 2.50 bits per heavy atom. The van der Waals surface area contributed by atoms with Crippen molar-refractivity contribution in [1.82, 2.24) is 4.98 Å². The number of thiazole rings is 1. The molecule has 0 aliphatic carbocycles. The summed E-state index contributed by atoms with van der Waals surface area (Å²) >= 11 is 1.14. The molecule has 30 heavy (non-hydrogen) atoms. The number of halogens is 1. The van der Waals surface area contributed by atoms with E-state index in [1.54, 1.807) is 36.4 Å². The molecule has 3 aromatic carbocycles. The third-order valence-corrected chi connectivity index (χ3v) is 6.74. The van der Waals surface area contributed by atoms with E-state index in [0.717, 1.165) is 16.9 Å². The molecule has 0 atom stereocenters. The van der Waals surface area contributed by atoms with Crippen molar-refractivity contribution >= 4 is 48.3 Å². The van der Waals surface area contributed by atoms with Crippen LogP contribution in [-0.4, -0.2) is 19.3 Å². The lowest BCUT2D eigenvalue weighted by atomic mass is 10.2. The van der Waals surface area contributed by atoms with E-state index < -0.39 is 21.7 Å². The van der Waals surface area contributed by atoms with Crippen molar-refractivity contribution in [2.45, 2.75) is 11.8 Å². The highest BCUT2D eigenvalue weighted by atomic mass is 32.2. The van der Waals surface area contributed by atoms with Crippen LogP contribution in [-0.2, 0) is 10.0 Å². The maximum Gasteiger partial charge on any atom is 0.263 e. The summed E-state index contributed by atoms with van der Waals surface area (Å²) < 4.78 is 42.0. The summed E-state index contributed by atoms with van der Waals surface area (Å²) in [6.07, 6.45) is 0. The lowest BCUT2D eigenvalue weighted by molar-refractivity contribution is 0.102. The molecule has 152 valence electrons. The van der Waals surface area contributed by atoms with Crippen LogP contribution in [0.15, 0.2) is 71.6 Å². The first kappa shape index (κ1) is 20.0. The van der Waals surface area contributed by atoms with Crippen molar-refractivity contribution in [1.29, 1.82) is 0 Å². The minimum absolute atomic E-state index is 0.0616. The van der Waals surface area contributed by atoms with Crippen LogP contribution in [0.2, 0.25) is 0 Å². The van der Waals surface area contributed by atoms with Gasteiger partial charge in [0.25, 0.3) is 15.9 Å². The van der Waals surface area contributed by atoms with Crippen LogP contribution in [0.4, 0.5) is 15.2 Å².